The standard InChI is InChI=1S/C12H22N2O5S/c1-20(18)8-2-5-13-12(17)14-6-3-10(4-7-14)19-9-11(15)16/h10H,2-9H2,1H3,(H,13,17)(H,15,16). The van der Waals surface area contributed by atoms with Gasteiger partial charge in [0.25, 0.3) is 0 Å². The number of amides is 2. The predicted molar refractivity (Wildman–Crippen MR) is 75.1 cm³/mol. The summed E-state index contributed by atoms with van der Waals surface area (Å²) in [5.41, 5.74) is 0. The first-order chi connectivity index (χ1) is 9.49. The summed E-state index contributed by atoms with van der Waals surface area (Å²) in [7, 11) is -0.825. The topological polar surface area (TPSA) is 95.9 Å². The molecule has 0 spiro atoms. The van der Waals surface area contributed by atoms with E-state index in [0.29, 0.717) is 44.6 Å². The highest BCUT2D eigenvalue weighted by Crippen LogP contribution is 2.13. The number of urea groups is 1. The maximum Gasteiger partial charge on any atom is 0.329 e. The van der Waals surface area contributed by atoms with Gasteiger partial charge in [0.2, 0.25) is 0 Å². The fourth-order valence-corrected chi connectivity index (χ4v) is 2.55. The number of aliphatic carboxylic acids is 1. The second kappa shape index (κ2) is 8.91. The van der Waals surface area contributed by atoms with Crippen molar-refractivity contribution < 1.29 is 23.6 Å². The van der Waals surface area contributed by atoms with Gasteiger partial charge in [0, 0.05) is 42.4 Å². The zero-order valence-electron chi connectivity index (χ0n) is 11.7. The first-order valence-electron chi connectivity index (χ1n) is 6.65. The van der Waals surface area contributed by atoms with E-state index in [1.807, 2.05) is 0 Å². The van der Waals surface area contributed by atoms with E-state index in [1.54, 1.807) is 11.2 Å². The number of carbonyl (C=O) groups excluding carboxylic acids is 1. The molecule has 116 valence electrons. The Morgan fingerprint density at radius 3 is 2.60 bits per heavy atom. The molecule has 7 nitrogen and oxygen atoms in total. The lowest BCUT2D eigenvalue weighted by molar-refractivity contribution is -0.145. The first kappa shape index (κ1) is 16.9. The molecule has 0 aromatic heterocycles. The van der Waals surface area contributed by atoms with Gasteiger partial charge in [-0.15, -0.1) is 0 Å². The number of nitrogens with zero attached hydrogens (tertiary/aromatic N) is 1. The highest BCUT2D eigenvalue weighted by molar-refractivity contribution is 7.84. The van der Waals surface area contributed by atoms with Crippen LogP contribution in [0.4, 0.5) is 4.79 Å². The molecule has 0 aliphatic carbocycles. The summed E-state index contributed by atoms with van der Waals surface area (Å²) in [5.74, 6) is -0.385. The molecule has 0 saturated carbocycles. The molecule has 1 aliphatic heterocycles. The monoisotopic (exact) mass is 306 g/mol. The van der Waals surface area contributed by atoms with Crippen LogP contribution in [0, 0.1) is 0 Å². The number of hydrogen-bond acceptors (Lipinski definition) is 4. The van der Waals surface area contributed by atoms with Crippen molar-refractivity contribution in [1.29, 1.82) is 0 Å². The van der Waals surface area contributed by atoms with Crippen molar-refractivity contribution in [3.8, 4) is 0 Å². The number of carboxylic acid groups (broad SMARTS) is 1. The van der Waals surface area contributed by atoms with Crippen LogP contribution in [0.2, 0.25) is 0 Å². The first-order valence-corrected chi connectivity index (χ1v) is 8.38. The highest BCUT2D eigenvalue weighted by Gasteiger charge is 2.23. The lowest BCUT2D eigenvalue weighted by Gasteiger charge is -2.31. The molecule has 1 atom stereocenters. The van der Waals surface area contributed by atoms with Crippen molar-refractivity contribution in [3.63, 3.8) is 0 Å². The van der Waals surface area contributed by atoms with Crippen LogP contribution >= 0.6 is 0 Å². The van der Waals surface area contributed by atoms with Gasteiger partial charge >= 0.3 is 12.0 Å². The van der Waals surface area contributed by atoms with Gasteiger partial charge < -0.3 is 20.1 Å². The Kier molecular flexibility index (Phi) is 7.53. The normalized spacial score (nSPS) is 17.8. The highest BCUT2D eigenvalue weighted by atomic mass is 32.2. The largest absolute Gasteiger partial charge is 0.480 e. The van der Waals surface area contributed by atoms with Crippen molar-refractivity contribution in [2.45, 2.75) is 25.4 Å². The van der Waals surface area contributed by atoms with Crippen LogP contribution in [0.1, 0.15) is 19.3 Å². The number of carboxylic acids is 1. The number of hydrogen-bond donors (Lipinski definition) is 2. The maximum absolute atomic E-state index is 11.8. The van der Waals surface area contributed by atoms with Crippen molar-refractivity contribution in [1.82, 2.24) is 10.2 Å². The van der Waals surface area contributed by atoms with Gasteiger partial charge in [-0.05, 0) is 19.3 Å². The van der Waals surface area contributed by atoms with Crippen molar-refractivity contribution >= 4 is 22.8 Å². The van der Waals surface area contributed by atoms with E-state index in [9.17, 15) is 13.8 Å². The zero-order valence-corrected chi connectivity index (χ0v) is 12.5. The van der Waals surface area contributed by atoms with Gasteiger partial charge in [0.05, 0.1) is 6.10 Å². The Morgan fingerprint density at radius 1 is 1.40 bits per heavy atom. The minimum absolute atomic E-state index is 0.0855. The second-order valence-electron chi connectivity index (χ2n) is 4.75. The molecule has 1 unspecified atom stereocenters. The van der Waals surface area contributed by atoms with E-state index < -0.39 is 16.8 Å². The maximum atomic E-state index is 11.8. The summed E-state index contributed by atoms with van der Waals surface area (Å²) in [5, 5.41) is 11.3. The Balaban J connectivity index is 2.15. The fourth-order valence-electron chi connectivity index (χ4n) is 2.00. The van der Waals surface area contributed by atoms with Crippen LogP contribution in [0.5, 0.6) is 0 Å². The van der Waals surface area contributed by atoms with Crippen molar-refractivity contribution in [3.05, 3.63) is 0 Å². The molecule has 0 radical (unpaired) electrons. The minimum atomic E-state index is -0.974. The molecule has 1 fully saturated rings. The third kappa shape index (κ3) is 6.85. The third-order valence-corrected chi connectivity index (χ3v) is 3.92. The zero-order chi connectivity index (χ0) is 15.0. The molecule has 2 amide bonds. The Morgan fingerprint density at radius 2 is 2.05 bits per heavy atom. The Hall–Kier alpha value is -1.15. The van der Waals surface area contributed by atoms with Crippen LogP contribution in [0.3, 0.4) is 0 Å². The van der Waals surface area contributed by atoms with Crippen LogP contribution in [-0.2, 0) is 20.3 Å². The Bertz CT molecular complexity index is 356. The average Bonchev–Trinajstić information content (AvgIpc) is 2.41. The summed E-state index contributed by atoms with van der Waals surface area (Å²) >= 11 is 0. The van der Waals surface area contributed by atoms with Gasteiger partial charge in [0.1, 0.15) is 6.61 Å². The number of carbonyl (C=O) groups is 2. The smallest absolute Gasteiger partial charge is 0.329 e. The summed E-state index contributed by atoms with van der Waals surface area (Å²) in [6.45, 7) is 1.37. The molecule has 20 heavy (non-hydrogen) atoms. The molecule has 0 bridgehead atoms. The van der Waals surface area contributed by atoms with Crippen LogP contribution < -0.4 is 5.32 Å². The molecule has 2 N–H and O–H groups in total. The quantitative estimate of drug-likeness (QED) is 0.647. The minimum Gasteiger partial charge on any atom is -0.480 e. The number of piperidine rings is 1. The number of likely N-dealkylation sites (tertiary alicyclic amines) is 1. The summed E-state index contributed by atoms with van der Waals surface area (Å²) in [4.78, 5) is 23.9. The predicted octanol–water partition coefficient (Wildman–Crippen LogP) is 0.0302. The van der Waals surface area contributed by atoms with Gasteiger partial charge in [-0.2, -0.15) is 0 Å². The van der Waals surface area contributed by atoms with Crippen LogP contribution in [-0.4, -0.2) is 70.6 Å². The number of nitrogens with one attached hydrogen (secondary N) is 1. The summed E-state index contributed by atoms with van der Waals surface area (Å²) < 4.78 is 16.1. The van der Waals surface area contributed by atoms with E-state index in [4.69, 9.17) is 9.84 Å². The molecular weight excluding hydrogens is 284 g/mol. The molecule has 1 rings (SSSR count). The van der Waals surface area contributed by atoms with E-state index in [0.717, 1.165) is 0 Å². The molecule has 0 aromatic carbocycles. The lowest BCUT2D eigenvalue weighted by Crippen LogP contribution is -2.46. The molecular formula is C12H22N2O5S. The van der Waals surface area contributed by atoms with Crippen LogP contribution in [0.15, 0.2) is 0 Å². The van der Waals surface area contributed by atoms with Gasteiger partial charge in [-0.25, -0.2) is 9.59 Å². The van der Waals surface area contributed by atoms with Gasteiger partial charge in [0.15, 0.2) is 0 Å². The van der Waals surface area contributed by atoms with Crippen molar-refractivity contribution in [2.24, 2.45) is 0 Å². The number of rotatable bonds is 7. The van der Waals surface area contributed by atoms with Gasteiger partial charge in [-0.3, -0.25) is 4.21 Å². The van der Waals surface area contributed by atoms with E-state index in [1.165, 1.54) is 0 Å². The van der Waals surface area contributed by atoms with E-state index in [-0.39, 0.29) is 18.7 Å². The molecule has 1 heterocycles. The Labute approximate surface area is 121 Å². The molecule has 8 heteroatoms. The second-order valence-corrected chi connectivity index (χ2v) is 6.31. The SMILES string of the molecule is CS(=O)CCCNC(=O)N1CCC(OCC(=O)O)CC1. The average molecular weight is 306 g/mol. The number of ether oxygens (including phenoxy) is 1. The summed E-state index contributed by atoms with van der Waals surface area (Å²) in [6, 6.07) is -0.122. The summed E-state index contributed by atoms with van der Waals surface area (Å²) in [6.07, 6.45) is 3.56. The van der Waals surface area contributed by atoms with Gasteiger partial charge in [-0.1, -0.05) is 0 Å². The molecule has 1 saturated heterocycles. The molecule has 0 aromatic rings. The molecule has 1 aliphatic rings. The van der Waals surface area contributed by atoms with Crippen molar-refractivity contribution in [2.75, 3.05) is 38.2 Å². The fraction of sp³-hybridized carbons (Fsp3) is 0.833. The lowest BCUT2D eigenvalue weighted by atomic mass is 10.1. The third-order valence-electron chi connectivity index (χ3n) is 3.06. The van der Waals surface area contributed by atoms with Crippen LogP contribution in [0.25, 0.3) is 0 Å². The van der Waals surface area contributed by atoms with E-state index in [2.05, 4.69) is 5.32 Å². The van der Waals surface area contributed by atoms with E-state index >= 15 is 0 Å².